The zero-order valence-electron chi connectivity index (χ0n) is 14.7. The zero-order valence-corrected chi connectivity index (χ0v) is 15.5. The van der Waals surface area contributed by atoms with Crippen LogP contribution < -0.4 is 4.90 Å². The van der Waals surface area contributed by atoms with Crippen molar-refractivity contribution >= 4 is 26.7 Å². The highest BCUT2D eigenvalue weighted by atomic mass is 32.2. The minimum atomic E-state index is -3.33. The number of nitriles is 1. The van der Waals surface area contributed by atoms with Gasteiger partial charge in [-0.1, -0.05) is 18.2 Å². The maximum atomic E-state index is 12.5. The standard InChI is InChI=1S/C18H22N4O2S/c1-13-15-8-4-5-9-17(15)20-18(16(13)11-19)22-10-6-7-14(12-22)25(23,24)21(2)3/h4-5,8-9,14H,6-7,10,12H2,1-3H3. The van der Waals surface area contributed by atoms with Crippen LogP contribution in [0.4, 0.5) is 5.82 Å². The summed E-state index contributed by atoms with van der Waals surface area (Å²) in [4.78, 5) is 6.64. The third kappa shape index (κ3) is 3.08. The number of fused-ring (bicyclic) bond motifs is 1. The maximum absolute atomic E-state index is 12.5. The van der Waals surface area contributed by atoms with Gasteiger partial charge in [0.15, 0.2) is 0 Å². The Kier molecular flexibility index (Phi) is 4.67. The Balaban J connectivity index is 2.06. The van der Waals surface area contributed by atoms with Crippen LogP contribution in [0.5, 0.6) is 0 Å². The van der Waals surface area contributed by atoms with E-state index in [1.807, 2.05) is 36.1 Å². The van der Waals surface area contributed by atoms with Crippen LogP contribution in [0.2, 0.25) is 0 Å². The summed E-state index contributed by atoms with van der Waals surface area (Å²) in [6.45, 7) is 2.99. The smallest absolute Gasteiger partial charge is 0.218 e. The molecule has 0 spiro atoms. The van der Waals surface area contributed by atoms with Crippen molar-refractivity contribution in [3.05, 3.63) is 35.4 Å². The second-order valence-corrected chi connectivity index (χ2v) is 9.03. The Morgan fingerprint density at radius 3 is 2.72 bits per heavy atom. The van der Waals surface area contributed by atoms with Crippen molar-refractivity contribution in [2.24, 2.45) is 0 Å². The van der Waals surface area contributed by atoms with Gasteiger partial charge in [0.05, 0.1) is 16.3 Å². The summed E-state index contributed by atoms with van der Waals surface area (Å²) in [5.41, 5.74) is 2.24. The van der Waals surface area contributed by atoms with Crippen LogP contribution in [-0.2, 0) is 10.0 Å². The summed E-state index contributed by atoms with van der Waals surface area (Å²) in [6.07, 6.45) is 1.39. The molecule has 1 saturated heterocycles. The van der Waals surface area contributed by atoms with Crippen LogP contribution in [-0.4, -0.2) is 50.1 Å². The summed E-state index contributed by atoms with van der Waals surface area (Å²) < 4.78 is 26.3. The largest absolute Gasteiger partial charge is 0.354 e. The first-order valence-electron chi connectivity index (χ1n) is 8.32. The predicted octanol–water partition coefficient (Wildman–Crippen LogP) is 2.28. The molecule has 1 aliphatic rings. The number of rotatable bonds is 3. The van der Waals surface area contributed by atoms with Gasteiger partial charge in [-0.25, -0.2) is 17.7 Å². The van der Waals surface area contributed by atoms with Gasteiger partial charge in [0.25, 0.3) is 0 Å². The van der Waals surface area contributed by atoms with E-state index in [1.54, 1.807) is 14.1 Å². The summed E-state index contributed by atoms with van der Waals surface area (Å²) in [6, 6.07) is 9.99. The molecule has 1 aromatic carbocycles. The Morgan fingerprint density at radius 1 is 1.32 bits per heavy atom. The van der Waals surface area contributed by atoms with Crippen molar-refractivity contribution in [2.45, 2.75) is 25.0 Å². The first kappa shape index (κ1) is 17.6. The molecule has 132 valence electrons. The van der Waals surface area contributed by atoms with E-state index >= 15 is 0 Å². The molecule has 0 radical (unpaired) electrons. The molecule has 2 heterocycles. The quantitative estimate of drug-likeness (QED) is 0.841. The lowest BCUT2D eigenvalue weighted by Crippen LogP contribution is -2.46. The third-order valence-electron chi connectivity index (χ3n) is 4.85. The predicted molar refractivity (Wildman–Crippen MR) is 99.0 cm³/mol. The molecule has 0 saturated carbocycles. The summed E-state index contributed by atoms with van der Waals surface area (Å²) in [5.74, 6) is 0.595. The topological polar surface area (TPSA) is 77.3 Å². The molecule has 1 atom stereocenters. The number of anilines is 1. The molecule has 0 aliphatic carbocycles. The van der Waals surface area contributed by atoms with E-state index in [2.05, 4.69) is 11.1 Å². The van der Waals surface area contributed by atoms with Crippen molar-refractivity contribution in [1.82, 2.24) is 9.29 Å². The number of piperidine rings is 1. The van der Waals surface area contributed by atoms with Gasteiger partial charge < -0.3 is 4.90 Å². The fourth-order valence-electron chi connectivity index (χ4n) is 3.40. The Labute approximate surface area is 148 Å². The normalized spacial score (nSPS) is 18.5. The monoisotopic (exact) mass is 358 g/mol. The van der Waals surface area contributed by atoms with Gasteiger partial charge >= 0.3 is 0 Å². The van der Waals surface area contributed by atoms with Gasteiger partial charge in [-0.05, 0) is 31.4 Å². The number of pyridine rings is 1. The van der Waals surface area contributed by atoms with Gasteiger partial charge in [-0.2, -0.15) is 5.26 Å². The average Bonchev–Trinajstić information content (AvgIpc) is 2.61. The molecule has 2 aromatic rings. The lowest BCUT2D eigenvalue weighted by atomic mass is 10.0. The number of sulfonamides is 1. The van der Waals surface area contributed by atoms with E-state index < -0.39 is 15.3 Å². The van der Waals surface area contributed by atoms with Gasteiger partial charge in [-0.15, -0.1) is 0 Å². The molecule has 1 fully saturated rings. The number of hydrogen-bond acceptors (Lipinski definition) is 5. The van der Waals surface area contributed by atoms with Gasteiger partial charge in [0.2, 0.25) is 10.0 Å². The van der Waals surface area contributed by atoms with Crippen molar-refractivity contribution in [3.8, 4) is 6.07 Å². The van der Waals surface area contributed by atoms with Crippen LogP contribution in [0.25, 0.3) is 10.9 Å². The lowest BCUT2D eigenvalue weighted by Gasteiger charge is -2.35. The van der Waals surface area contributed by atoms with E-state index in [-0.39, 0.29) is 0 Å². The number of hydrogen-bond donors (Lipinski definition) is 0. The first-order valence-corrected chi connectivity index (χ1v) is 9.82. The fraction of sp³-hybridized carbons (Fsp3) is 0.444. The van der Waals surface area contributed by atoms with E-state index in [4.69, 9.17) is 0 Å². The third-order valence-corrected chi connectivity index (χ3v) is 7.10. The Hall–Kier alpha value is -2.17. The van der Waals surface area contributed by atoms with Gasteiger partial charge in [0.1, 0.15) is 11.9 Å². The van der Waals surface area contributed by atoms with E-state index in [0.717, 1.165) is 22.9 Å². The van der Waals surface area contributed by atoms with Crippen LogP contribution in [0.3, 0.4) is 0 Å². The molecule has 1 unspecified atom stereocenters. The second kappa shape index (κ2) is 6.62. The first-order chi connectivity index (χ1) is 11.9. The minimum absolute atomic E-state index is 0.361. The molecule has 7 heteroatoms. The maximum Gasteiger partial charge on any atom is 0.218 e. The Bertz CT molecular complexity index is 947. The van der Waals surface area contributed by atoms with Crippen molar-refractivity contribution in [1.29, 1.82) is 5.26 Å². The molecule has 25 heavy (non-hydrogen) atoms. The number of aromatic nitrogens is 1. The summed E-state index contributed by atoms with van der Waals surface area (Å²) >= 11 is 0. The lowest BCUT2D eigenvalue weighted by molar-refractivity contribution is 0.478. The molecule has 0 bridgehead atoms. The molecular weight excluding hydrogens is 336 g/mol. The van der Waals surface area contributed by atoms with Crippen LogP contribution >= 0.6 is 0 Å². The minimum Gasteiger partial charge on any atom is -0.354 e. The van der Waals surface area contributed by atoms with Crippen molar-refractivity contribution < 1.29 is 8.42 Å². The fourth-order valence-corrected chi connectivity index (χ4v) is 4.82. The molecule has 1 aromatic heterocycles. The number of benzene rings is 1. The zero-order chi connectivity index (χ0) is 18.2. The molecular formula is C18H22N4O2S. The highest BCUT2D eigenvalue weighted by Crippen LogP contribution is 2.30. The van der Waals surface area contributed by atoms with E-state index in [0.29, 0.717) is 30.9 Å². The molecule has 3 rings (SSSR count). The Morgan fingerprint density at radius 2 is 2.04 bits per heavy atom. The number of nitrogens with zero attached hydrogens (tertiary/aromatic N) is 4. The van der Waals surface area contributed by atoms with Crippen molar-refractivity contribution in [2.75, 3.05) is 32.1 Å². The SMILES string of the molecule is Cc1c(C#N)c(N2CCCC(S(=O)(=O)N(C)C)C2)nc2ccccc12. The average molecular weight is 358 g/mol. The van der Waals surface area contributed by atoms with Gasteiger partial charge in [-0.3, -0.25) is 0 Å². The van der Waals surface area contributed by atoms with Crippen molar-refractivity contribution in [3.63, 3.8) is 0 Å². The van der Waals surface area contributed by atoms with Crippen LogP contribution in [0.15, 0.2) is 24.3 Å². The van der Waals surface area contributed by atoms with Crippen LogP contribution in [0.1, 0.15) is 24.0 Å². The van der Waals surface area contributed by atoms with E-state index in [9.17, 15) is 13.7 Å². The molecule has 0 amide bonds. The van der Waals surface area contributed by atoms with Gasteiger partial charge in [0, 0.05) is 32.6 Å². The molecule has 0 N–H and O–H groups in total. The highest BCUT2D eigenvalue weighted by molar-refractivity contribution is 7.89. The van der Waals surface area contributed by atoms with E-state index in [1.165, 1.54) is 4.31 Å². The number of para-hydroxylation sites is 1. The summed E-state index contributed by atoms with van der Waals surface area (Å²) in [5, 5.41) is 10.1. The number of aryl methyl sites for hydroxylation is 1. The second-order valence-electron chi connectivity index (χ2n) is 6.60. The molecule has 6 nitrogen and oxygen atoms in total. The summed E-state index contributed by atoms with van der Waals surface area (Å²) in [7, 11) is -0.206. The molecule has 1 aliphatic heterocycles. The highest BCUT2D eigenvalue weighted by Gasteiger charge is 2.33. The van der Waals surface area contributed by atoms with Crippen LogP contribution in [0, 0.1) is 18.3 Å².